The van der Waals surface area contributed by atoms with Gasteiger partial charge >= 0.3 is 0 Å². The number of hydrogen-bond donors (Lipinski definition) is 2. The van der Waals surface area contributed by atoms with Crippen molar-refractivity contribution in [2.45, 2.75) is 32.6 Å². The van der Waals surface area contributed by atoms with Crippen molar-refractivity contribution in [3.8, 4) is 0 Å². The van der Waals surface area contributed by atoms with Crippen molar-refractivity contribution >= 4 is 21.8 Å². The van der Waals surface area contributed by atoms with Crippen LogP contribution < -0.4 is 10.0 Å². The first-order chi connectivity index (χ1) is 8.64. The van der Waals surface area contributed by atoms with Crippen LogP contribution in [-0.4, -0.2) is 45.3 Å². The molecule has 0 aromatic rings. The SMILES string of the molecule is CCCNCCCS(=O)(=O)NCC1CCSCC1. The summed E-state index contributed by atoms with van der Waals surface area (Å²) < 4.78 is 26.3. The number of thioether (sulfide) groups is 1. The first kappa shape index (κ1) is 16.3. The summed E-state index contributed by atoms with van der Waals surface area (Å²) in [4.78, 5) is 0. The Bertz CT molecular complexity index is 301. The van der Waals surface area contributed by atoms with E-state index >= 15 is 0 Å². The molecule has 18 heavy (non-hydrogen) atoms. The minimum Gasteiger partial charge on any atom is -0.317 e. The monoisotopic (exact) mass is 294 g/mol. The van der Waals surface area contributed by atoms with Gasteiger partial charge in [0, 0.05) is 6.54 Å². The van der Waals surface area contributed by atoms with Crippen LogP contribution >= 0.6 is 11.8 Å². The van der Waals surface area contributed by atoms with Crippen LogP contribution in [0.5, 0.6) is 0 Å². The molecule has 0 radical (unpaired) electrons. The summed E-state index contributed by atoms with van der Waals surface area (Å²) in [6.07, 6.45) is 4.07. The molecule has 1 fully saturated rings. The minimum absolute atomic E-state index is 0.241. The van der Waals surface area contributed by atoms with Crippen molar-refractivity contribution in [3.05, 3.63) is 0 Å². The van der Waals surface area contributed by atoms with Crippen molar-refractivity contribution in [2.75, 3.05) is 36.9 Å². The summed E-state index contributed by atoms with van der Waals surface area (Å²) in [5, 5.41) is 3.22. The van der Waals surface area contributed by atoms with Crippen molar-refractivity contribution in [2.24, 2.45) is 5.92 Å². The fourth-order valence-electron chi connectivity index (χ4n) is 1.96. The van der Waals surface area contributed by atoms with E-state index in [1.165, 1.54) is 11.5 Å². The van der Waals surface area contributed by atoms with Gasteiger partial charge in [0.05, 0.1) is 5.75 Å². The number of rotatable bonds is 9. The van der Waals surface area contributed by atoms with Crippen LogP contribution in [0.3, 0.4) is 0 Å². The first-order valence-electron chi connectivity index (χ1n) is 6.90. The molecule has 0 spiro atoms. The summed E-state index contributed by atoms with van der Waals surface area (Å²) in [7, 11) is -3.06. The van der Waals surface area contributed by atoms with Gasteiger partial charge in [-0.25, -0.2) is 13.1 Å². The predicted octanol–water partition coefficient (Wildman–Crippen LogP) is 1.44. The summed E-state index contributed by atoms with van der Waals surface area (Å²) >= 11 is 1.97. The van der Waals surface area contributed by atoms with Gasteiger partial charge in [-0.3, -0.25) is 0 Å². The van der Waals surface area contributed by atoms with E-state index in [-0.39, 0.29) is 5.75 Å². The molecule has 0 unspecified atom stereocenters. The maximum absolute atomic E-state index is 11.8. The third-order valence-electron chi connectivity index (χ3n) is 3.13. The van der Waals surface area contributed by atoms with E-state index in [9.17, 15) is 8.42 Å². The van der Waals surface area contributed by atoms with Crippen molar-refractivity contribution in [1.29, 1.82) is 0 Å². The van der Waals surface area contributed by atoms with Gasteiger partial charge in [0.25, 0.3) is 0 Å². The molecule has 0 amide bonds. The largest absolute Gasteiger partial charge is 0.317 e. The van der Waals surface area contributed by atoms with Crippen LogP contribution in [0.15, 0.2) is 0 Å². The molecule has 1 aliphatic heterocycles. The Morgan fingerprint density at radius 3 is 2.61 bits per heavy atom. The fourth-order valence-corrected chi connectivity index (χ4v) is 4.32. The highest BCUT2D eigenvalue weighted by molar-refractivity contribution is 7.99. The Balaban J connectivity index is 2.10. The zero-order chi connectivity index (χ0) is 13.3. The van der Waals surface area contributed by atoms with Crippen LogP contribution in [0, 0.1) is 5.92 Å². The van der Waals surface area contributed by atoms with Crippen molar-refractivity contribution in [1.82, 2.24) is 10.0 Å². The molecule has 0 aromatic heterocycles. The van der Waals surface area contributed by atoms with Gasteiger partial charge in [-0.1, -0.05) is 6.92 Å². The maximum Gasteiger partial charge on any atom is 0.211 e. The second kappa shape index (κ2) is 9.18. The normalized spacial score (nSPS) is 18.1. The smallest absolute Gasteiger partial charge is 0.211 e. The molecule has 0 atom stereocenters. The summed E-state index contributed by atoms with van der Waals surface area (Å²) in [6.45, 7) is 4.49. The van der Waals surface area contributed by atoms with Crippen LogP contribution in [0.25, 0.3) is 0 Å². The topological polar surface area (TPSA) is 58.2 Å². The van der Waals surface area contributed by atoms with E-state index in [1.54, 1.807) is 0 Å². The van der Waals surface area contributed by atoms with E-state index < -0.39 is 10.0 Å². The van der Waals surface area contributed by atoms with Crippen LogP contribution in [0.4, 0.5) is 0 Å². The van der Waals surface area contributed by atoms with Crippen LogP contribution in [0.2, 0.25) is 0 Å². The Hall–Kier alpha value is 0.220. The summed E-state index contributed by atoms with van der Waals surface area (Å²) in [5.74, 6) is 3.13. The second-order valence-electron chi connectivity index (χ2n) is 4.83. The summed E-state index contributed by atoms with van der Waals surface area (Å²) in [5.41, 5.74) is 0. The van der Waals surface area contributed by atoms with Crippen molar-refractivity contribution < 1.29 is 8.42 Å². The lowest BCUT2D eigenvalue weighted by atomic mass is 10.0. The molecule has 1 rings (SSSR count). The lowest BCUT2D eigenvalue weighted by Crippen LogP contribution is -2.33. The summed E-state index contributed by atoms with van der Waals surface area (Å²) in [6, 6.07) is 0. The molecule has 2 N–H and O–H groups in total. The molecule has 0 bridgehead atoms. The number of sulfonamides is 1. The average Bonchev–Trinajstić information content (AvgIpc) is 2.38. The minimum atomic E-state index is -3.06. The molecular formula is C12H26N2O2S2. The Morgan fingerprint density at radius 1 is 1.22 bits per heavy atom. The fraction of sp³-hybridized carbons (Fsp3) is 1.00. The maximum atomic E-state index is 11.8. The zero-order valence-electron chi connectivity index (χ0n) is 11.3. The van der Waals surface area contributed by atoms with Gasteiger partial charge in [-0.2, -0.15) is 11.8 Å². The van der Waals surface area contributed by atoms with E-state index in [0.717, 1.165) is 32.4 Å². The number of hydrogen-bond acceptors (Lipinski definition) is 4. The highest BCUT2D eigenvalue weighted by atomic mass is 32.2. The van der Waals surface area contributed by atoms with E-state index in [1.807, 2.05) is 11.8 Å². The quantitative estimate of drug-likeness (QED) is 0.632. The molecule has 1 saturated heterocycles. The molecule has 0 saturated carbocycles. The van der Waals surface area contributed by atoms with Crippen LogP contribution in [-0.2, 0) is 10.0 Å². The van der Waals surface area contributed by atoms with Gasteiger partial charge in [0.2, 0.25) is 10.0 Å². The highest BCUT2D eigenvalue weighted by Crippen LogP contribution is 2.21. The third-order valence-corrected chi connectivity index (χ3v) is 5.61. The molecule has 0 aromatic carbocycles. The standard InChI is InChI=1S/C12H26N2O2S2/c1-2-6-13-7-3-10-18(15,16)14-11-12-4-8-17-9-5-12/h12-14H,2-11H2,1H3. The third kappa shape index (κ3) is 7.61. The molecular weight excluding hydrogens is 268 g/mol. The molecule has 4 nitrogen and oxygen atoms in total. The molecule has 6 heteroatoms. The number of nitrogens with one attached hydrogen (secondary N) is 2. The average molecular weight is 294 g/mol. The lowest BCUT2D eigenvalue weighted by Gasteiger charge is -2.21. The molecule has 0 aliphatic carbocycles. The Morgan fingerprint density at radius 2 is 1.94 bits per heavy atom. The predicted molar refractivity (Wildman–Crippen MR) is 79.6 cm³/mol. The van der Waals surface area contributed by atoms with Gasteiger partial charge in [-0.05, 0) is 56.2 Å². The second-order valence-corrected chi connectivity index (χ2v) is 7.98. The molecule has 1 aliphatic rings. The molecule has 1 heterocycles. The van der Waals surface area contributed by atoms with E-state index in [4.69, 9.17) is 0 Å². The lowest BCUT2D eigenvalue weighted by molar-refractivity contribution is 0.476. The van der Waals surface area contributed by atoms with Gasteiger partial charge in [0.1, 0.15) is 0 Å². The van der Waals surface area contributed by atoms with Crippen LogP contribution in [0.1, 0.15) is 32.6 Å². The zero-order valence-corrected chi connectivity index (χ0v) is 12.9. The highest BCUT2D eigenvalue weighted by Gasteiger charge is 2.16. The Labute approximate surface area is 116 Å². The first-order valence-corrected chi connectivity index (χ1v) is 9.70. The van der Waals surface area contributed by atoms with Gasteiger partial charge < -0.3 is 5.32 Å². The molecule has 108 valence electrons. The van der Waals surface area contributed by atoms with E-state index in [0.29, 0.717) is 18.9 Å². The Kier molecular flexibility index (Phi) is 8.30. The van der Waals surface area contributed by atoms with E-state index in [2.05, 4.69) is 17.0 Å². The van der Waals surface area contributed by atoms with Gasteiger partial charge in [0.15, 0.2) is 0 Å². The van der Waals surface area contributed by atoms with Gasteiger partial charge in [-0.15, -0.1) is 0 Å². The van der Waals surface area contributed by atoms with Crippen molar-refractivity contribution in [3.63, 3.8) is 0 Å².